The molecule has 0 aliphatic carbocycles. The third kappa shape index (κ3) is 5.51. The van der Waals surface area contributed by atoms with Gasteiger partial charge in [0.15, 0.2) is 0 Å². The SMILES string of the molecule is [B+2]c1ccc(OC(F)(F)F)c(Cl)c1.[OH-].[OH-]. The molecule has 82 valence electrons. The molecule has 0 aromatic heterocycles. The summed E-state index contributed by atoms with van der Waals surface area (Å²) in [5.74, 6) is -0.455. The van der Waals surface area contributed by atoms with Gasteiger partial charge in [0.05, 0.1) is 0 Å². The summed E-state index contributed by atoms with van der Waals surface area (Å²) in [6, 6.07) is 3.51. The van der Waals surface area contributed by atoms with E-state index < -0.39 is 12.1 Å². The van der Waals surface area contributed by atoms with Gasteiger partial charge in [-0.05, 0) is 0 Å². The molecule has 1 rings (SSSR count). The number of hydrogen-bond donors (Lipinski definition) is 0. The molecule has 0 aliphatic heterocycles. The molecule has 1 aromatic carbocycles. The quantitative estimate of drug-likeness (QED) is 0.701. The molecule has 0 saturated heterocycles. The average molecular weight is 240 g/mol. The van der Waals surface area contributed by atoms with Crippen molar-refractivity contribution in [3.05, 3.63) is 23.2 Å². The van der Waals surface area contributed by atoms with Crippen LogP contribution in [-0.4, -0.2) is 25.2 Å². The van der Waals surface area contributed by atoms with Crippen LogP contribution in [0.5, 0.6) is 5.75 Å². The number of halogens is 4. The maximum Gasteiger partial charge on any atom is -0.870 e. The molecule has 1 aromatic rings. The van der Waals surface area contributed by atoms with E-state index >= 15 is 0 Å². The second kappa shape index (κ2) is 5.84. The first-order valence-corrected chi connectivity index (χ1v) is 3.57. The van der Waals surface area contributed by atoms with E-state index in [1.165, 1.54) is 12.1 Å². The van der Waals surface area contributed by atoms with Crippen molar-refractivity contribution in [1.29, 1.82) is 0 Å². The average Bonchev–Trinajstić information content (AvgIpc) is 1.93. The van der Waals surface area contributed by atoms with Gasteiger partial charge in [-0.1, -0.05) is 0 Å². The van der Waals surface area contributed by atoms with Gasteiger partial charge >= 0.3 is 78.2 Å². The topological polar surface area (TPSA) is 69.2 Å². The number of hydrogen-bond acceptors (Lipinski definition) is 3. The summed E-state index contributed by atoms with van der Waals surface area (Å²) >= 11 is 5.43. The first-order chi connectivity index (χ1) is 5.88. The Morgan fingerprint density at radius 1 is 1.20 bits per heavy atom. The standard InChI is InChI=1S/C7H3BClF3O.2H2O/c8-4-1-2-6(5(9)3-4)13-7(10,11)12;;/h1-3H;2*1H2/q+2;;/p-2. The minimum absolute atomic E-state index is 0. The van der Waals surface area contributed by atoms with Crippen LogP contribution in [0, 0.1) is 0 Å². The normalized spacial score (nSPS) is 10.0. The molecule has 0 saturated carbocycles. The van der Waals surface area contributed by atoms with E-state index in [0.29, 0.717) is 0 Å². The Hall–Kier alpha value is -0.915. The molecule has 0 aliphatic rings. The number of rotatable bonds is 1. The minimum Gasteiger partial charge on any atom is -0.870 e. The molecule has 0 unspecified atom stereocenters. The first-order valence-electron chi connectivity index (χ1n) is 3.19. The van der Waals surface area contributed by atoms with Crippen molar-refractivity contribution in [1.82, 2.24) is 0 Å². The fraction of sp³-hybridized carbons (Fsp3) is 0.143. The van der Waals surface area contributed by atoms with Gasteiger partial charge in [0.1, 0.15) is 0 Å². The predicted molar refractivity (Wildman–Crippen MR) is 47.4 cm³/mol. The third-order valence-corrected chi connectivity index (χ3v) is 1.48. The van der Waals surface area contributed by atoms with Crippen LogP contribution in [0.2, 0.25) is 5.02 Å². The summed E-state index contributed by atoms with van der Waals surface area (Å²) in [6.45, 7) is 0. The zero-order valence-electron chi connectivity index (χ0n) is 7.12. The van der Waals surface area contributed by atoms with Gasteiger partial charge in [0, 0.05) is 0 Å². The second-order valence-electron chi connectivity index (χ2n) is 2.24. The molecule has 0 atom stereocenters. The van der Waals surface area contributed by atoms with Gasteiger partial charge < -0.3 is 11.0 Å². The van der Waals surface area contributed by atoms with E-state index in [4.69, 9.17) is 19.4 Å². The minimum atomic E-state index is -4.74. The molecule has 15 heavy (non-hydrogen) atoms. The van der Waals surface area contributed by atoms with Crippen molar-refractivity contribution in [2.75, 3.05) is 0 Å². The van der Waals surface area contributed by atoms with E-state index in [1.807, 2.05) is 0 Å². The fourth-order valence-corrected chi connectivity index (χ4v) is 0.952. The van der Waals surface area contributed by atoms with Crippen LogP contribution in [0.4, 0.5) is 13.2 Å². The van der Waals surface area contributed by atoms with Crippen LogP contribution in [0.1, 0.15) is 0 Å². The van der Waals surface area contributed by atoms with Gasteiger partial charge in [-0.25, -0.2) is 0 Å². The largest absolute Gasteiger partial charge is 0.870 e. The Bertz CT molecular complexity index is 319. The Morgan fingerprint density at radius 3 is 2.13 bits per heavy atom. The van der Waals surface area contributed by atoms with Crippen molar-refractivity contribution in [3.8, 4) is 5.75 Å². The smallest absolute Gasteiger partial charge is 0.870 e. The van der Waals surface area contributed by atoms with E-state index in [9.17, 15) is 13.2 Å². The maximum absolute atomic E-state index is 11.7. The van der Waals surface area contributed by atoms with Gasteiger partial charge in [0.2, 0.25) is 0 Å². The molecule has 0 radical (unpaired) electrons. The van der Waals surface area contributed by atoms with Crippen LogP contribution in [0.15, 0.2) is 18.2 Å². The third-order valence-electron chi connectivity index (χ3n) is 1.18. The van der Waals surface area contributed by atoms with Gasteiger partial charge in [-0.15, -0.1) is 0 Å². The predicted octanol–water partition coefficient (Wildman–Crippen LogP) is 1.68. The molecular weight excluding hydrogens is 235 g/mol. The number of benzene rings is 1. The van der Waals surface area contributed by atoms with Gasteiger partial charge in [0.25, 0.3) is 0 Å². The summed E-state index contributed by atoms with van der Waals surface area (Å²) in [5, 5.41) is -0.169. The van der Waals surface area contributed by atoms with Crippen molar-refractivity contribution >= 4 is 24.9 Å². The van der Waals surface area contributed by atoms with Crippen LogP contribution < -0.4 is 10.2 Å². The summed E-state index contributed by atoms with van der Waals surface area (Å²) < 4.78 is 38.7. The van der Waals surface area contributed by atoms with Crippen molar-refractivity contribution in [2.24, 2.45) is 0 Å². The Morgan fingerprint density at radius 2 is 1.73 bits per heavy atom. The second-order valence-corrected chi connectivity index (χ2v) is 2.64. The summed E-state index contributed by atoms with van der Waals surface area (Å²) in [7, 11) is 5.27. The fourth-order valence-electron chi connectivity index (χ4n) is 0.725. The Labute approximate surface area is 89.8 Å². The molecule has 8 heteroatoms. The number of alkyl halides is 3. The summed E-state index contributed by atoms with van der Waals surface area (Å²) in [5.41, 5.74) is 0.277. The van der Waals surface area contributed by atoms with E-state index in [0.717, 1.165) is 6.07 Å². The first kappa shape index (κ1) is 16.5. The van der Waals surface area contributed by atoms with Crippen molar-refractivity contribution < 1.29 is 28.9 Å². The van der Waals surface area contributed by atoms with Crippen LogP contribution >= 0.6 is 11.6 Å². The molecular formula is C7H5BClF3O3. The van der Waals surface area contributed by atoms with E-state index in [-0.39, 0.29) is 21.4 Å². The summed E-state index contributed by atoms with van der Waals surface area (Å²) in [4.78, 5) is 0. The molecule has 0 amide bonds. The van der Waals surface area contributed by atoms with Gasteiger partial charge in [-0.2, -0.15) is 0 Å². The zero-order chi connectivity index (χ0) is 10.1. The van der Waals surface area contributed by atoms with Crippen LogP contribution in [0.3, 0.4) is 0 Å². The monoisotopic (exact) mass is 240 g/mol. The molecule has 0 heterocycles. The zero-order valence-corrected chi connectivity index (χ0v) is 7.88. The van der Waals surface area contributed by atoms with E-state index in [2.05, 4.69) is 4.74 Å². The van der Waals surface area contributed by atoms with Crippen molar-refractivity contribution in [3.63, 3.8) is 0 Å². The molecule has 0 bridgehead atoms. The van der Waals surface area contributed by atoms with Crippen LogP contribution in [-0.2, 0) is 0 Å². The molecule has 3 nitrogen and oxygen atoms in total. The Kier molecular flexibility index (Phi) is 6.43. The van der Waals surface area contributed by atoms with Gasteiger partial charge in [-0.3, -0.25) is 0 Å². The van der Waals surface area contributed by atoms with Crippen molar-refractivity contribution in [2.45, 2.75) is 6.36 Å². The van der Waals surface area contributed by atoms with Crippen LogP contribution in [0.25, 0.3) is 0 Å². The summed E-state index contributed by atoms with van der Waals surface area (Å²) in [6.07, 6.45) is -4.74. The molecule has 0 fully saturated rings. The van der Waals surface area contributed by atoms with E-state index in [1.54, 1.807) is 0 Å². The molecule has 2 N–H and O–H groups in total. The number of ether oxygens (including phenoxy) is 1. The Balaban J connectivity index is 0. The molecule has 0 spiro atoms. The maximum atomic E-state index is 11.7.